The summed E-state index contributed by atoms with van der Waals surface area (Å²) in [5, 5.41) is 0. The molecule has 1 aromatic rings. The molecule has 2 aliphatic heterocycles. The smallest absolute Gasteiger partial charge is 0.225 e. The highest BCUT2D eigenvalue weighted by molar-refractivity contribution is 5.77. The number of piperazine rings is 1. The molecule has 6 nitrogen and oxygen atoms in total. The number of carbonyl (C=O) groups excluding carboxylic acids is 1. The minimum atomic E-state index is 0.118. The number of aryl methyl sites for hydroxylation is 1. The Kier molecular flexibility index (Phi) is 4.78. The highest BCUT2D eigenvalue weighted by Crippen LogP contribution is 2.24. The van der Waals surface area contributed by atoms with Crippen LogP contribution >= 0.6 is 0 Å². The Labute approximate surface area is 132 Å². The largest absolute Gasteiger partial charge is 0.378 e. The molecule has 0 radical (unpaired) electrons. The topological polar surface area (TPSA) is 50.6 Å². The summed E-state index contributed by atoms with van der Waals surface area (Å²) in [4.78, 5) is 21.3. The van der Waals surface area contributed by atoms with E-state index in [0.717, 1.165) is 38.4 Å². The molecule has 6 heteroatoms. The zero-order valence-corrected chi connectivity index (χ0v) is 13.6. The molecule has 122 valence electrons. The fraction of sp³-hybridized carbons (Fsp3) is 0.750. The lowest BCUT2D eigenvalue weighted by molar-refractivity contribution is -0.138. The Morgan fingerprint density at radius 2 is 2.23 bits per heavy atom. The van der Waals surface area contributed by atoms with Gasteiger partial charge >= 0.3 is 0 Å². The molecule has 1 amide bonds. The van der Waals surface area contributed by atoms with E-state index in [4.69, 9.17) is 4.74 Å². The van der Waals surface area contributed by atoms with Crippen molar-refractivity contribution in [2.45, 2.75) is 37.8 Å². The summed E-state index contributed by atoms with van der Waals surface area (Å²) in [6.07, 6.45) is 7.74. The number of hydrogen-bond acceptors (Lipinski definition) is 4. The van der Waals surface area contributed by atoms with Gasteiger partial charge in [-0.2, -0.15) is 0 Å². The van der Waals surface area contributed by atoms with E-state index in [2.05, 4.69) is 16.9 Å². The summed E-state index contributed by atoms with van der Waals surface area (Å²) in [5.41, 5.74) is 0. The molecule has 0 N–H and O–H groups in total. The van der Waals surface area contributed by atoms with Crippen LogP contribution < -0.4 is 0 Å². The van der Waals surface area contributed by atoms with Gasteiger partial charge in [-0.3, -0.25) is 9.69 Å². The maximum absolute atomic E-state index is 12.6. The third-order valence-corrected chi connectivity index (χ3v) is 4.83. The van der Waals surface area contributed by atoms with E-state index >= 15 is 0 Å². The summed E-state index contributed by atoms with van der Waals surface area (Å²) in [6, 6.07) is 0.171. The van der Waals surface area contributed by atoms with Gasteiger partial charge in [0, 0.05) is 45.7 Å². The van der Waals surface area contributed by atoms with E-state index in [0.29, 0.717) is 13.0 Å². The molecule has 0 aliphatic carbocycles. The van der Waals surface area contributed by atoms with Crippen molar-refractivity contribution < 1.29 is 9.53 Å². The minimum absolute atomic E-state index is 0.118. The Morgan fingerprint density at radius 3 is 2.91 bits per heavy atom. The van der Waals surface area contributed by atoms with Crippen LogP contribution in [0.15, 0.2) is 12.4 Å². The summed E-state index contributed by atoms with van der Waals surface area (Å²) in [7, 11) is 4.11. The molecule has 0 aromatic carbocycles. The predicted octanol–water partition coefficient (Wildman–Crippen LogP) is 1.19. The van der Waals surface area contributed by atoms with Gasteiger partial charge in [-0.1, -0.05) is 0 Å². The molecule has 3 heterocycles. The van der Waals surface area contributed by atoms with E-state index in [-0.39, 0.29) is 18.1 Å². The van der Waals surface area contributed by atoms with Gasteiger partial charge in [-0.25, -0.2) is 4.98 Å². The fourth-order valence-electron chi connectivity index (χ4n) is 3.37. The molecule has 0 unspecified atom stereocenters. The van der Waals surface area contributed by atoms with E-state index in [1.807, 2.05) is 28.9 Å². The van der Waals surface area contributed by atoms with Crippen molar-refractivity contribution >= 4 is 5.91 Å². The third-order valence-electron chi connectivity index (χ3n) is 4.83. The number of carbonyl (C=O) groups is 1. The Balaban J connectivity index is 1.62. The fourth-order valence-corrected chi connectivity index (χ4v) is 3.37. The summed E-state index contributed by atoms with van der Waals surface area (Å²) in [5.74, 6) is 1.24. The third kappa shape index (κ3) is 3.33. The first-order valence-corrected chi connectivity index (χ1v) is 8.22. The number of imidazole rings is 1. The molecular weight excluding hydrogens is 280 g/mol. The molecule has 0 bridgehead atoms. The number of amides is 1. The average molecular weight is 306 g/mol. The molecule has 2 aliphatic rings. The molecule has 22 heavy (non-hydrogen) atoms. The van der Waals surface area contributed by atoms with Crippen molar-refractivity contribution in [1.82, 2.24) is 19.4 Å². The second kappa shape index (κ2) is 6.79. The number of hydrogen-bond donors (Lipinski definition) is 0. The first-order chi connectivity index (χ1) is 10.6. The highest BCUT2D eigenvalue weighted by Gasteiger charge is 2.31. The molecule has 3 rings (SSSR count). The van der Waals surface area contributed by atoms with E-state index in [1.54, 1.807) is 0 Å². The second-order valence-corrected chi connectivity index (χ2v) is 6.43. The van der Waals surface area contributed by atoms with Gasteiger partial charge in [-0.05, 0) is 26.3 Å². The van der Waals surface area contributed by atoms with Gasteiger partial charge in [0.15, 0.2) is 0 Å². The van der Waals surface area contributed by atoms with Crippen LogP contribution in [0.4, 0.5) is 0 Å². The van der Waals surface area contributed by atoms with Gasteiger partial charge < -0.3 is 14.2 Å². The van der Waals surface area contributed by atoms with Crippen molar-refractivity contribution in [3.05, 3.63) is 18.2 Å². The van der Waals surface area contributed by atoms with Crippen LogP contribution in [-0.2, 0) is 16.6 Å². The van der Waals surface area contributed by atoms with Gasteiger partial charge in [0.25, 0.3) is 0 Å². The minimum Gasteiger partial charge on any atom is -0.378 e. The van der Waals surface area contributed by atoms with Crippen LogP contribution in [0.3, 0.4) is 0 Å². The average Bonchev–Trinajstić information content (AvgIpc) is 2.94. The van der Waals surface area contributed by atoms with Crippen LogP contribution in [0.1, 0.15) is 37.5 Å². The number of likely N-dealkylation sites (N-methyl/N-ethyl adjacent to an activating group) is 1. The van der Waals surface area contributed by atoms with E-state index in [1.165, 1.54) is 6.42 Å². The first-order valence-electron chi connectivity index (χ1n) is 8.22. The van der Waals surface area contributed by atoms with Crippen LogP contribution in [0, 0.1) is 0 Å². The SMILES string of the molecule is CN1CCN(C(=O)C[C@@H]2CCCCO2)C[C@@H]1c1nccn1C. The van der Waals surface area contributed by atoms with Crippen molar-refractivity contribution in [3.8, 4) is 0 Å². The lowest BCUT2D eigenvalue weighted by Crippen LogP contribution is -2.50. The van der Waals surface area contributed by atoms with Gasteiger partial charge in [0.2, 0.25) is 5.91 Å². The van der Waals surface area contributed by atoms with E-state index in [9.17, 15) is 4.79 Å². The zero-order valence-electron chi connectivity index (χ0n) is 13.6. The van der Waals surface area contributed by atoms with Crippen molar-refractivity contribution in [2.75, 3.05) is 33.3 Å². The Bertz CT molecular complexity index is 510. The first kappa shape index (κ1) is 15.5. The standard InChI is InChI=1S/C16H26N4O2/c1-18-8-9-20(12-14(18)16-17-6-7-19(16)2)15(21)11-13-5-3-4-10-22-13/h6-7,13-14H,3-5,8-12H2,1-2H3/t13-,14+/m0/s1. The summed E-state index contributed by atoms with van der Waals surface area (Å²) in [6.45, 7) is 3.20. The maximum Gasteiger partial charge on any atom is 0.225 e. The van der Waals surface area contributed by atoms with Crippen LogP contribution in [0.2, 0.25) is 0 Å². The summed E-state index contributed by atoms with van der Waals surface area (Å²) >= 11 is 0. The van der Waals surface area contributed by atoms with Crippen molar-refractivity contribution in [3.63, 3.8) is 0 Å². The van der Waals surface area contributed by atoms with Crippen LogP contribution in [-0.4, -0.2) is 64.7 Å². The molecule has 2 atom stereocenters. The molecular formula is C16H26N4O2. The highest BCUT2D eigenvalue weighted by atomic mass is 16.5. The Hall–Kier alpha value is -1.40. The maximum atomic E-state index is 12.6. The molecule has 2 saturated heterocycles. The molecule has 2 fully saturated rings. The molecule has 1 aromatic heterocycles. The monoisotopic (exact) mass is 306 g/mol. The quantitative estimate of drug-likeness (QED) is 0.842. The van der Waals surface area contributed by atoms with Crippen LogP contribution in [0.5, 0.6) is 0 Å². The lowest BCUT2D eigenvalue weighted by Gasteiger charge is -2.39. The number of rotatable bonds is 3. The summed E-state index contributed by atoms with van der Waals surface area (Å²) < 4.78 is 7.75. The molecule has 0 saturated carbocycles. The lowest BCUT2D eigenvalue weighted by atomic mass is 10.0. The zero-order chi connectivity index (χ0) is 15.5. The predicted molar refractivity (Wildman–Crippen MR) is 83.4 cm³/mol. The van der Waals surface area contributed by atoms with Crippen molar-refractivity contribution in [2.24, 2.45) is 7.05 Å². The van der Waals surface area contributed by atoms with Gasteiger partial charge in [-0.15, -0.1) is 0 Å². The van der Waals surface area contributed by atoms with Gasteiger partial charge in [0.1, 0.15) is 5.82 Å². The number of ether oxygens (including phenoxy) is 1. The molecule has 0 spiro atoms. The van der Waals surface area contributed by atoms with Crippen LogP contribution in [0.25, 0.3) is 0 Å². The number of aromatic nitrogens is 2. The van der Waals surface area contributed by atoms with E-state index < -0.39 is 0 Å². The second-order valence-electron chi connectivity index (χ2n) is 6.43. The number of nitrogens with zero attached hydrogens (tertiary/aromatic N) is 4. The Morgan fingerprint density at radius 1 is 1.36 bits per heavy atom. The van der Waals surface area contributed by atoms with Gasteiger partial charge in [0.05, 0.1) is 18.6 Å². The normalized spacial score (nSPS) is 27.1. The van der Waals surface area contributed by atoms with Crippen molar-refractivity contribution in [1.29, 1.82) is 0 Å².